The van der Waals surface area contributed by atoms with Crippen LogP contribution in [-0.4, -0.2) is 54.0 Å². The molecule has 3 aliphatic carbocycles. The van der Waals surface area contributed by atoms with E-state index in [1.165, 1.54) is 5.56 Å². The van der Waals surface area contributed by atoms with Crippen molar-refractivity contribution in [3.05, 3.63) is 45.5 Å². The summed E-state index contributed by atoms with van der Waals surface area (Å²) < 4.78 is 13.3. The number of hydrogen-bond acceptors (Lipinski definition) is 7. The van der Waals surface area contributed by atoms with Crippen molar-refractivity contribution in [3.8, 4) is 0 Å². The predicted octanol–water partition coefficient (Wildman–Crippen LogP) is 5.63. The molecule has 4 fully saturated rings. The number of carbonyl (C=O) groups is 2. The Morgan fingerprint density at radius 2 is 1.83 bits per heavy atom. The van der Waals surface area contributed by atoms with Gasteiger partial charge in [-0.15, -0.1) is 0 Å². The summed E-state index contributed by atoms with van der Waals surface area (Å²) in [6.07, 6.45) is 4.66. The maximum Gasteiger partial charge on any atom is 0.481 e. The Balaban J connectivity index is 0.00000600. The molecule has 12 heteroatoms. The molecule has 47 heavy (non-hydrogen) atoms. The van der Waals surface area contributed by atoms with Crippen LogP contribution in [0.1, 0.15) is 118 Å². The molecule has 1 saturated heterocycles. The van der Waals surface area contributed by atoms with Gasteiger partial charge in [-0.1, -0.05) is 78.7 Å². The molecule has 262 valence electrons. The number of benzene rings is 1. The average molecular weight is 656 g/mol. The van der Waals surface area contributed by atoms with Crippen LogP contribution in [0.15, 0.2) is 29.3 Å². The average Bonchev–Trinajstić information content (AvgIpc) is 3.34. The van der Waals surface area contributed by atoms with Crippen molar-refractivity contribution in [1.29, 1.82) is 0 Å². The number of nitrogens with zero attached hydrogens (tertiary/aromatic N) is 2. The summed E-state index contributed by atoms with van der Waals surface area (Å²) in [5, 5.41) is 13.1. The van der Waals surface area contributed by atoms with Gasteiger partial charge in [0.25, 0.3) is 5.96 Å². The van der Waals surface area contributed by atoms with E-state index in [4.69, 9.17) is 15.0 Å². The van der Waals surface area contributed by atoms with Crippen molar-refractivity contribution in [2.24, 2.45) is 39.8 Å². The molecule has 0 radical (unpaired) electrons. The van der Waals surface area contributed by atoms with E-state index in [2.05, 4.69) is 83.0 Å². The molecule has 2 bridgehead atoms. The molecule has 0 unspecified atom stereocenters. The molecule has 0 aromatic heterocycles. The molecule has 4 aliphatic rings. The van der Waals surface area contributed by atoms with E-state index < -0.39 is 18.1 Å². The van der Waals surface area contributed by atoms with E-state index in [0.29, 0.717) is 49.9 Å². The van der Waals surface area contributed by atoms with E-state index in [1.54, 1.807) is 0 Å². The first-order valence-corrected chi connectivity index (χ1v) is 17.0. The van der Waals surface area contributed by atoms with Crippen molar-refractivity contribution < 1.29 is 23.9 Å². The summed E-state index contributed by atoms with van der Waals surface area (Å²) >= 11 is 0. The number of rotatable bonds is 16. The minimum Gasteiger partial charge on any atom is -0.404 e. The molecular weight excluding hydrogens is 597 g/mol. The summed E-state index contributed by atoms with van der Waals surface area (Å²) in [6.45, 7) is 15.5. The van der Waals surface area contributed by atoms with Gasteiger partial charge in [-0.3, -0.25) is 9.59 Å². The zero-order valence-corrected chi connectivity index (χ0v) is 28.7. The van der Waals surface area contributed by atoms with Gasteiger partial charge in [0, 0.05) is 25.3 Å². The fourth-order valence-corrected chi connectivity index (χ4v) is 7.84. The van der Waals surface area contributed by atoms with E-state index in [-0.39, 0.29) is 67.0 Å². The first kappa shape index (κ1) is 38.5. The smallest absolute Gasteiger partial charge is 0.404 e. The second-order valence-corrected chi connectivity index (χ2v) is 15.2. The van der Waals surface area contributed by atoms with Crippen molar-refractivity contribution in [2.45, 2.75) is 131 Å². The number of carbonyl (C=O) groups excluding carboxylic acids is 2. The van der Waals surface area contributed by atoms with Crippen LogP contribution in [0.25, 0.3) is 0 Å². The van der Waals surface area contributed by atoms with Crippen LogP contribution in [0.2, 0.25) is 0 Å². The van der Waals surface area contributed by atoms with Crippen molar-refractivity contribution >= 4 is 24.8 Å². The van der Waals surface area contributed by atoms with Crippen LogP contribution < -0.4 is 16.5 Å². The Kier molecular flexibility index (Phi) is 13.0. The van der Waals surface area contributed by atoms with Gasteiger partial charge in [0.1, 0.15) is 5.78 Å². The first-order chi connectivity index (χ1) is 21.6. The number of guanidine groups is 1. The monoisotopic (exact) mass is 655 g/mol. The summed E-state index contributed by atoms with van der Waals surface area (Å²) in [5.41, 5.74) is 9.55. The van der Waals surface area contributed by atoms with Gasteiger partial charge >= 0.3 is 7.12 Å². The number of ketones is 1. The second kappa shape index (κ2) is 15.9. The largest absolute Gasteiger partial charge is 0.481 e. The number of amides is 1. The quantitative estimate of drug-likeness (QED) is 0.0517. The number of nitro groups is 1. The lowest BCUT2D eigenvalue weighted by Crippen LogP contribution is -2.65. The van der Waals surface area contributed by atoms with Gasteiger partial charge in [-0.05, 0) is 85.7 Å². The number of hydrazine groups is 1. The summed E-state index contributed by atoms with van der Waals surface area (Å²) in [5.74, 6) is 0.319. The highest BCUT2D eigenvalue weighted by atomic mass is 16.7. The highest BCUT2D eigenvalue weighted by Gasteiger charge is 2.68. The normalized spacial score (nSPS) is 25.8. The zero-order valence-electron chi connectivity index (χ0n) is 28.7. The highest BCUT2D eigenvalue weighted by molar-refractivity contribution is 6.47. The van der Waals surface area contributed by atoms with Gasteiger partial charge in [0.2, 0.25) is 5.91 Å². The molecular formula is C35H58BN5O6. The van der Waals surface area contributed by atoms with Gasteiger partial charge in [0.15, 0.2) is 5.03 Å². The highest BCUT2D eigenvalue weighted by Crippen LogP contribution is 2.65. The third kappa shape index (κ3) is 9.34. The third-order valence-corrected chi connectivity index (χ3v) is 10.7. The van der Waals surface area contributed by atoms with Gasteiger partial charge in [-0.25, -0.2) is 15.1 Å². The van der Waals surface area contributed by atoms with Gasteiger partial charge < -0.3 is 20.4 Å². The van der Waals surface area contributed by atoms with Crippen LogP contribution in [0.4, 0.5) is 0 Å². The predicted molar refractivity (Wildman–Crippen MR) is 186 cm³/mol. The number of hydrogen-bond donors (Lipinski definition) is 3. The van der Waals surface area contributed by atoms with Crippen LogP contribution in [0, 0.1) is 39.2 Å². The third-order valence-electron chi connectivity index (χ3n) is 10.7. The number of nitrogens with one attached hydrogen (secondary N) is 2. The second-order valence-electron chi connectivity index (χ2n) is 15.2. The van der Waals surface area contributed by atoms with E-state index >= 15 is 0 Å². The number of nitrogens with two attached hydrogens (primary N) is 1. The molecule has 4 N–H and O–H groups in total. The SMILES string of the molecule is C.CC(C)C[C@H](NC(=O)[C@H](CCCN=C(N)N[N+](=O)[O-])CC(=O)CCc1ccc(C(C)C)cc1)B1O[C@@H]2C[C@@H]3C[C@@H](C3(C)C)[C@]2(C)O1. The molecule has 1 aromatic carbocycles. The lowest BCUT2D eigenvalue weighted by Gasteiger charge is -2.64. The Morgan fingerprint density at radius 1 is 1.15 bits per heavy atom. The topological polar surface area (TPSA) is 158 Å². The fourth-order valence-electron chi connectivity index (χ4n) is 7.84. The molecule has 1 heterocycles. The Hall–Kier alpha value is -2.99. The molecule has 11 nitrogen and oxygen atoms in total. The lowest BCUT2D eigenvalue weighted by molar-refractivity contribution is -0.525. The minimum atomic E-state index is -0.771. The fraction of sp³-hybridized carbons (Fsp3) is 0.743. The zero-order chi connectivity index (χ0) is 33.8. The van der Waals surface area contributed by atoms with Crippen molar-refractivity contribution in [1.82, 2.24) is 10.7 Å². The van der Waals surface area contributed by atoms with E-state index in [9.17, 15) is 19.7 Å². The molecule has 1 amide bonds. The minimum absolute atomic E-state index is 0. The number of Topliss-reactive ketones (excluding diaryl/α,β-unsaturated/α-hetero) is 1. The van der Waals surface area contributed by atoms with E-state index in [1.807, 2.05) is 5.43 Å². The van der Waals surface area contributed by atoms with Crippen LogP contribution >= 0.6 is 0 Å². The summed E-state index contributed by atoms with van der Waals surface area (Å²) in [6, 6.07) is 8.33. The molecule has 3 saturated carbocycles. The molecule has 6 atom stereocenters. The van der Waals surface area contributed by atoms with Crippen LogP contribution in [0.3, 0.4) is 0 Å². The van der Waals surface area contributed by atoms with E-state index in [0.717, 1.165) is 18.4 Å². The summed E-state index contributed by atoms with van der Waals surface area (Å²) in [7, 11) is -0.556. The number of aryl methyl sites for hydroxylation is 1. The Bertz CT molecular complexity index is 1270. The van der Waals surface area contributed by atoms with Gasteiger partial charge in [-0.2, -0.15) is 0 Å². The van der Waals surface area contributed by atoms with Crippen molar-refractivity contribution in [2.75, 3.05) is 6.54 Å². The van der Waals surface area contributed by atoms with Crippen LogP contribution in [-0.2, 0) is 25.3 Å². The first-order valence-electron chi connectivity index (χ1n) is 17.0. The molecule has 5 rings (SSSR count). The molecule has 1 aromatic rings. The van der Waals surface area contributed by atoms with Crippen LogP contribution in [0.5, 0.6) is 0 Å². The maximum absolute atomic E-state index is 13.9. The number of aliphatic imine (C=N–C) groups is 1. The van der Waals surface area contributed by atoms with Gasteiger partial charge in [0.05, 0.1) is 17.6 Å². The Labute approximate surface area is 281 Å². The Morgan fingerprint density at radius 3 is 2.43 bits per heavy atom. The standard InChI is InChI=1S/C34H54BN5O6.CH4/c1-21(2)17-30(35-45-29-20-26-19-28(33(26,5)6)34(29,7)46-35)38-31(42)25(9-8-16-37-32(36)39-40(43)44)18-27(41)15-12-23-10-13-24(14-11-23)22(3)4;/h10-11,13-14,21-22,25-26,28-30H,8-9,12,15-20H2,1-7H3,(H,38,42)(H3,36,37,39);1H4/t25-,26+,28+,29-,30+,34+;/m1./s1. The molecule has 0 spiro atoms. The summed E-state index contributed by atoms with van der Waals surface area (Å²) in [4.78, 5) is 41.8. The lowest BCUT2D eigenvalue weighted by atomic mass is 9.43. The maximum atomic E-state index is 13.9. The molecule has 1 aliphatic heterocycles. The van der Waals surface area contributed by atoms with Crippen molar-refractivity contribution in [3.63, 3.8) is 0 Å².